The number of hydrogen-bond acceptors (Lipinski definition) is 6. The summed E-state index contributed by atoms with van der Waals surface area (Å²) in [5.74, 6) is -1.60. The fraction of sp³-hybridized carbons (Fsp3) is 0.176. The number of anilines is 2. The second kappa shape index (κ2) is 7.36. The Morgan fingerprint density at radius 1 is 1.38 bits per heavy atom. The van der Waals surface area contributed by atoms with Crippen molar-refractivity contribution in [2.45, 2.75) is 19.4 Å². The maximum Gasteiger partial charge on any atom is 0.349 e. The van der Waals surface area contributed by atoms with Gasteiger partial charge in [-0.05, 0) is 30.5 Å². The molecule has 0 saturated carbocycles. The van der Waals surface area contributed by atoms with Crippen molar-refractivity contribution in [3.8, 4) is 0 Å². The molecule has 134 valence electrons. The van der Waals surface area contributed by atoms with Crippen LogP contribution >= 0.6 is 11.3 Å². The Hall–Kier alpha value is -3.20. The number of carbonyl (C=O) groups excluding carboxylic acids is 1. The number of thiophene rings is 1. The number of aromatic amines is 1. The third kappa shape index (κ3) is 3.72. The molecule has 5 N–H and O–H groups in total. The summed E-state index contributed by atoms with van der Waals surface area (Å²) in [4.78, 5) is 30.5. The van der Waals surface area contributed by atoms with E-state index >= 15 is 0 Å². The first-order valence-electron chi connectivity index (χ1n) is 7.84. The number of nitrogens with one attached hydrogen (secondary N) is 4. The zero-order chi connectivity index (χ0) is 18.7. The number of hydrogen-bond donors (Lipinski definition) is 5. The van der Waals surface area contributed by atoms with E-state index < -0.39 is 17.7 Å². The minimum absolute atomic E-state index is 0.0394. The molecule has 1 unspecified atom stereocenters. The van der Waals surface area contributed by atoms with E-state index in [1.807, 2.05) is 12.1 Å². The summed E-state index contributed by atoms with van der Waals surface area (Å²) in [7, 11) is 0. The second-order valence-corrected chi connectivity index (χ2v) is 6.67. The Balaban J connectivity index is 1.74. The fourth-order valence-electron chi connectivity index (χ4n) is 2.52. The number of nitrogens with zero attached hydrogens (tertiary/aromatic N) is 1. The molecule has 3 aromatic heterocycles. The lowest BCUT2D eigenvalue weighted by molar-refractivity contribution is -0.129. The molecular weight excluding hydrogens is 354 g/mol. The van der Waals surface area contributed by atoms with E-state index in [-0.39, 0.29) is 12.3 Å². The van der Waals surface area contributed by atoms with Crippen molar-refractivity contribution in [3.05, 3.63) is 41.5 Å². The summed E-state index contributed by atoms with van der Waals surface area (Å²) in [5.41, 5.74) is 1.60. The first kappa shape index (κ1) is 17.6. The van der Waals surface area contributed by atoms with Crippen LogP contribution in [0.25, 0.3) is 11.0 Å². The Bertz CT molecular complexity index is 978. The summed E-state index contributed by atoms with van der Waals surface area (Å²) >= 11 is 1.39. The lowest BCUT2D eigenvalue weighted by atomic mass is 10.1. The molecule has 0 radical (unpaired) electrons. The molecule has 9 heteroatoms. The summed E-state index contributed by atoms with van der Waals surface area (Å²) in [5, 5.41) is 25.5. The van der Waals surface area contributed by atoms with Gasteiger partial charge in [-0.25, -0.2) is 9.78 Å². The number of H-pyrrole nitrogens is 1. The van der Waals surface area contributed by atoms with Gasteiger partial charge in [0.1, 0.15) is 16.4 Å². The highest BCUT2D eigenvalue weighted by Crippen LogP contribution is 2.30. The summed E-state index contributed by atoms with van der Waals surface area (Å²) in [6.07, 6.45) is 3.43. The molecule has 0 saturated heterocycles. The van der Waals surface area contributed by atoms with Gasteiger partial charge in [-0.1, -0.05) is 0 Å². The van der Waals surface area contributed by atoms with Crippen LogP contribution in [0.15, 0.2) is 36.0 Å². The highest BCUT2D eigenvalue weighted by molar-refractivity contribution is 7.14. The summed E-state index contributed by atoms with van der Waals surface area (Å²) < 4.78 is 0. The van der Waals surface area contributed by atoms with Crippen molar-refractivity contribution in [2.75, 3.05) is 5.32 Å². The number of aromatic nitrogens is 2. The molecule has 26 heavy (non-hydrogen) atoms. The zero-order valence-electron chi connectivity index (χ0n) is 13.9. The van der Waals surface area contributed by atoms with Crippen LogP contribution in [0.1, 0.15) is 23.7 Å². The average Bonchev–Trinajstić information content (AvgIpc) is 3.23. The van der Waals surface area contributed by atoms with Gasteiger partial charge < -0.3 is 20.7 Å². The van der Waals surface area contributed by atoms with Crippen molar-refractivity contribution >= 4 is 50.6 Å². The molecule has 0 fully saturated rings. The third-order valence-electron chi connectivity index (χ3n) is 3.76. The molecule has 8 nitrogen and oxygen atoms in total. The van der Waals surface area contributed by atoms with Crippen LogP contribution in [0.4, 0.5) is 10.7 Å². The normalized spacial score (nSPS) is 11.9. The number of carboxylic acids is 1. The van der Waals surface area contributed by atoms with Crippen LogP contribution in [0.3, 0.4) is 0 Å². The van der Waals surface area contributed by atoms with Gasteiger partial charge in [0.2, 0.25) is 0 Å². The minimum Gasteiger partial charge on any atom is -0.477 e. The monoisotopic (exact) mass is 371 g/mol. The van der Waals surface area contributed by atoms with E-state index in [1.54, 1.807) is 30.8 Å². The van der Waals surface area contributed by atoms with E-state index in [0.29, 0.717) is 10.6 Å². The molecule has 0 aromatic carbocycles. The molecular formula is C17H17N5O3S. The van der Waals surface area contributed by atoms with Crippen molar-refractivity contribution < 1.29 is 14.7 Å². The Morgan fingerprint density at radius 2 is 2.19 bits per heavy atom. The van der Waals surface area contributed by atoms with Crippen LogP contribution in [0.5, 0.6) is 0 Å². The predicted octanol–water partition coefficient (Wildman–Crippen LogP) is 2.98. The first-order valence-corrected chi connectivity index (χ1v) is 8.72. The van der Waals surface area contributed by atoms with Crippen molar-refractivity contribution in [3.63, 3.8) is 0 Å². The van der Waals surface area contributed by atoms with Gasteiger partial charge in [0.05, 0.1) is 11.3 Å². The highest BCUT2D eigenvalue weighted by Gasteiger charge is 2.18. The summed E-state index contributed by atoms with van der Waals surface area (Å²) in [6.45, 7) is 1.67. The molecule has 1 amide bonds. The van der Waals surface area contributed by atoms with Crippen molar-refractivity contribution in [2.24, 2.45) is 0 Å². The van der Waals surface area contributed by atoms with Gasteiger partial charge >= 0.3 is 5.97 Å². The molecule has 0 spiro atoms. The van der Waals surface area contributed by atoms with E-state index in [4.69, 9.17) is 10.5 Å². The standard InChI is InChI=1S/C17H17N5O3S/c1-9(8-12(18)17(24)25)21-15(23)11-4-7-26-16(11)22-13-3-6-20-14-10(13)2-5-19-14/h2-7,9,18H,8H2,1H3,(H,21,23)(H,24,25)(H2,19,20,22). The molecule has 1 atom stereocenters. The maximum absolute atomic E-state index is 12.5. The molecule has 0 aliphatic heterocycles. The number of fused-ring (bicyclic) bond motifs is 1. The van der Waals surface area contributed by atoms with Crippen LogP contribution < -0.4 is 10.6 Å². The highest BCUT2D eigenvalue weighted by atomic mass is 32.1. The quantitative estimate of drug-likeness (QED) is 0.408. The van der Waals surface area contributed by atoms with Crippen LogP contribution in [0, 0.1) is 5.41 Å². The Kier molecular flexibility index (Phi) is 4.99. The zero-order valence-corrected chi connectivity index (χ0v) is 14.7. The van der Waals surface area contributed by atoms with E-state index in [9.17, 15) is 9.59 Å². The largest absolute Gasteiger partial charge is 0.477 e. The van der Waals surface area contributed by atoms with Crippen molar-refractivity contribution in [1.29, 1.82) is 5.41 Å². The fourth-order valence-corrected chi connectivity index (χ4v) is 3.32. The van der Waals surface area contributed by atoms with Gasteiger partial charge in [-0.3, -0.25) is 10.2 Å². The molecule has 3 aromatic rings. The number of rotatable bonds is 7. The predicted molar refractivity (Wildman–Crippen MR) is 101 cm³/mol. The first-order chi connectivity index (χ1) is 12.5. The number of carbonyl (C=O) groups is 2. The van der Waals surface area contributed by atoms with Crippen LogP contribution in [-0.2, 0) is 4.79 Å². The van der Waals surface area contributed by atoms with Crippen LogP contribution in [-0.4, -0.2) is 38.7 Å². The molecule has 0 bridgehead atoms. The van der Waals surface area contributed by atoms with Gasteiger partial charge in [-0.2, -0.15) is 0 Å². The number of carboxylic acid groups (broad SMARTS) is 1. The Labute approximate surface area is 152 Å². The molecule has 0 aliphatic carbocycles. The van der Waals surface area contributed by atoms with Gasteiger partial charge in [0.25, 0.3) is 5.91 Å². The smallest absolute Gasteiger partial charge is 0.349 e. The lowest BCUT2D eigenvalue weighted by Gasteiger charge is -2.14. The second-order valence-electron chi connectivity index (χ2n) is 5.75. The maximum atomic E-state index is 12.5. The van der Waals surface area contributed by atoms with E-state index in [2.05, 4.69) is 20.6 Å². The Morgan fingerprint density at radius 3 is 2.96 bits per heavy atom. The van der Waals surface area contributed by atoms with Gasteiger partial charge in [0.15, 0.2) is 0 Å². The summed E-state index contributed by atoms with van der Waals surface area (Å²) in [6, 6.07) is 4.97. The van der Waals surface area contributed by atoms with Crippen LogP contribution in [0.2, 0.25) is 0 Å². The lowest BCUT2D eigenvalue weighted by Crippen LogP contribution is -2.35. The molecule has 3 rings (SSSR count). The third-order valence-corrected chi connectivity index (χ3v) is 4.59. The van der Waals surface area contributed by atoms with Gasteiger partial charge in [-0.15, -0.1) is 11.3 Å². The number of amides is 1. The van der Waals surface area contributed by atoms with E-state index in [1.165, 1.54) is 11.3 Å². The number of pyridine rings is 1. The molecule has 3 heterocycles. The average molecular weight is 371 g/mol. The topological polar surface area (TPSA) is 131 Å². The SMILES string of the molecule is CC(CC(=N)C(=O)O)NC(=O)c1ccsc1Nc1ccnc2[nH]ccc12. The molecule has 0 aliphatic rings. The van der Waals surface area contributed by atoms with Crippen molar-refractivity contribution in [1.82, 2.24) is 15.3 Å². The minimum atomic E-state index is -1.28. The van der Waals surface area contributed by atoms with E-state index in [0.717, 1.165) is 16.7 Å². The number of aliphatic carboxylic acids is 1. The van der Waals surface area contributed by atoms with Gasteiger partial charge in [0, 0.05) is 30.2 Å².